The zero-order valence-electron chi connectivity index (χ0n) is 19.5. The number of carboxylic acids is 1. The fourth-order valence-electron chi connectivity index (χ4n) is 3.93. The van der Waals surface area contributed by atoms with Gasteiger partial charge in [-0.15, -0.1) is 0 Å². The molecule has 1 unspecified atom stereocenters. The topological polar surface area (TPSA) is 125 Å². The monoisotopic (exact) mass is 505 g/mol. The van der Waals surface area contributed by atoms with Crippen LogP contribution in [-0.4, -0.2) is 31.9 Å². The van der Waals surface area contributed by atoms with Gasteiger partial charge in [-0.1, -0.05) is 30.3 Å². The van der Waals surface area contributed by atoms with E-state index in [0.717, 1.165) is 30.9 Å². The molecule has 0 radical (unpaired) electrons. The lowest BCUT2D eigenvalue weighted by molar-refractivity contribution is -0.137. The molecule has 4 rings (SSSR count). The molecule has 9 heteroatoms. The maximum Gasteiger partial charge on any atom is 0.305 e. The van der Waals surface area contributed by atoms with Gasteiger partial charge in [0.2, 0.25) is 0 Å². The molecule has 1 amide bonds. The van der Waals surface area contributed by atoms with E-state index >= 15 is 0 Å². The lowest BCUT2D eigenvalue weighted by atomic mass is 10.1. The Balaban J connectivity index is 1.44. The Morgan fingerprint density at radius 2 is 1.58 bits per heavy atom. The normalized spacial score (nSPS) is 14.2. The summed E-state index contributed by atoms with van der Waals surface area (Å²) in [6.07, 6.45) is 3.66. The van der Waals surface area contributed by atoms with Gasteiger partial charge in [0.25, 0.3) is 5.91 Å². The van der Waals surface area contributed by atoms with E-state index < -0.39 is 27.5 Å². The Bertz CT molecular complexity index is 1350. The number of carboxylic acid groups (broad SMARTS) is 1. The number of amides is 1. The lowest BCUT2D eigenvalue weighted by Gasteiger charge is -2.17. The minimum Gasteiger partial charge on any atom is -0.481 e. The first-order valence-electron chi connectivity index (χ1n) is 11.6. The van der Waals surface area contributed by atoms with Crippen molar-refractivity contribution in [3.63, 3.8) is 0 Å². The fraction of sp³-hybridized carbons (Fsp3) is 0.185. The fourth-order valence-corrected chi connectivity index (χ4v) is 5.65. The minimum atomic E-state index is -3.97. The molecule has 0 aromatic heterocycles. The summed E-state index contributed by atoms with van der Waals surface area (Å²) in [6, 6.07) is 21.1. The highest BCUT2D eigenvalue weighted by Gasteiger charge is 2.31. The predicted octanol–water partition coefficient (Wildman–Crippen LogP) is 4.57. The van der Waals surface area contributed by atoms with Gasteiger partial charge >= 0.3 is 5.97 Å². The van der Waals surface area contributed by atoms with Crippen LogP contribution in [-0.2, 0) is 14.6 Å². The smallest absolute Gasteiger partial charge is 0.305 e. The van der Waals surface area contributed by atoms with Gasteiger partial charge in [0, 0.05) is 23.5 Å². The van der Waals surface area contributed by atoms with Crippen molar-refractivity contribution in [3.05, 3.63) is 102 Å². The first-order valence-corrected chi connectivity index (χ1v) is 13.1. The van der Waals surface area contributed by atoms with Crippen LogP contribution < -0.4 is 16.0 Å². The quantitative estimate of drug-likeness (QED) is 0.336. The Morgan fingerprint density at radius 3 is 2.19 bits per heavy atom. The summed E-state index contributed by atoms with van der Waals surface area (Å²) in [5.74, 6) is -0.587. The van der Waals surface area contributed by atoms with Crippen molar-refractivity contribution >= 4 is 33.1 Å². The molecular formula is C27H27N3O5S. The standard InChI is InChI=1S/C27H27N3O5S/c31-26(32)18-24(19-6-2-1-3-7-19)36(34,35)23-15-13-22(14-16-23)30-27(33)20-9-11-21(12-10-20)29-25-8-4-5-17-28-25/h1-3,6-16,24,28-29H,4-5,17-18H2,(H,30,33)(H,31,32). The molecule has 3 aromatic rings. The molecule has 0 aliphatic carbocycles. The molecule has 0 saturated heterocycles. The number of nitrogens with one attached hydrogen (secondary N) is 3. The summed E-state index contributed by atoms with van der Waals surface area (Å²) in [5.41, 5.74) is 2.14. The molecule has 0 saturated carbocycles. The molecule has 1 aliphatic heterocycles. The average molecular weight is 506 g/mol. The van der Waals surface area contributed by atoms with Crippen molar-refractivity contribution in [2.24, 2.45) is 0 Å². The highest BCUT2D eigenvalue weighted by Crippen LogP contribution is 2.32. The average Bonchev–Trinajstić information content (AvgIpc) is 2.89. The summed E-state index contributed by atoms with van der Waals surface area (Å²) in [4.78, 5) is 24.0. The van der Waals surface area contributed by atoms with E-state index in [1.807, 2.05) is 12.1 Å². The van der Waals surface area contributed by atoms with Gasteiger partial charge < -0.3 is 21.1 Å². The second-order valence-electron chi connectivity index (χ2n) is 8.41. The van der Waals surface area contributed by atoms with E-state index in [-0.39, 0.29) is 10.8 Å². The van der Waals surface area contributed by atoms with E-state index in [9.17, 15) is 23.1 Å². The Hall–Kier alpha value is -4.11. The van der Waals surface area contributed by atoms with Gasteiger partial charge in [0.05, 0.1) is 17.1 Å². The molecule has 1 aliphatic rings. The SMILES string of the molecule is O=C(O)CC(c1ccccc1)S(=O)(=O)c1ccc(NC(=O)c2ccc(NC3=CCCCN3)cc2)cc1. The van der Waals surface area contributed by atoms with Crippen LogP contribution in [0.25, 0.3) is 0 Å². The number of rotatable bonds is 9. The first kappa shape index (κ1) is 25.0. The second-order valence-corrected chi connectivity index (χ2v) is 10.5. The molecule has 4 N–H and O–H groups in total. The van der Waals surface area contributed by atoms with Crippen LogP contribution in [0.15, 0.2) is 95.7 Å². The summed E-state index contributed by atoms with van der Waals surface area (Å²) < 4.78 is 26.5. The maximum absolute atomic E-state index is 13.2. The van der Waals surface area contributed by atoms with Crippen LogP contribution in [0, 0.1) is 0 Å². The Labute approximate surface area is 210 Å². The molecule has 3 aromatic carbocycles. The van der Waals surface area contributed by atoms with Crippen LogP contribution in [0.5, 0.6) is 0 Å². The molecule has 0 spiro atoms. The molecule has 0 fully saturated rings. The molecular weight excluding hydrogens is 478 g/mol. The number of aliphatic carboxylic acids is 1. The number of carbonyl (C=O) groups excluding carboxylic acids is 1. The number of carbonyl (C=O) groups is 2. The highest BCUT2D eigenvalue weighted by atomic mass is 32.2. The van der Waals surface area contributed by atoms with Crippen LogP contribution in [0.1, 0.15) is 40.4 Å². The van der Waals surface area contributed by atoms with Crippen molar-refractivity contribution in [1.29, 1.82) is 0 Å². The van der Waals surface area contributed by atoms with Gasteiger partial charge in [0.15, 0.2) is 9.84 Å². The van der Waals surface area contributed by atoms with Crippen LogP contribution >= 0.6 is 0 Å². The van der Waals surface area contributed by atoms with Crippen LogP contribution in [0.2, 0.25) is 0 Å². The van der Waals surface area contributed by atoms with Crippen molar-refractivity contribution in [1.82, 2.24) is 5.32 Å². The predicted molar refractivity (Wildman–Crippen MR) is 138 cm³/mol. The number of benzene rings is 3. The highest BCUT2D eigenvalue weighted by molar-refractivity contribution is 7.91. The summed E-state index contributed by atoms with van der Waals surface area (Å²) in [6.45, 7) is 0.923. The van der Waals surface area contributed by atoms with Crippen molar-refractivity contribution < 1.29 is 23.1 Å². The molecule has 1 atom stereocenters. The largest absolute Gasteiger partial charge is 0.481 e. The Morgan fingerprint density at radius 1 is 0.917 bits per heavy atom. The van der Waals surface area contributed by atoms with Crippen molar-refractivity contribution in [2.75, 3.05) is 17.2 Å². The number of anilines is 2. The zero-order valence-corrected chi connectivity index (χ0v) is 20.3. The van der Waals surface area contributed by atoms with Gasteiger partial charge in [-0.05, 0) is 73.0 Å². The van der Waals surface area contributed by atoms with Gasteiger partial charge in [-0.25, -0.2) is 8.42 Å². The molecule has 186 valence electrons. The zero-order chi connectivity index (χ0) is 25.5. The first-order chi connectivity index (χ1) is 17.3. The third-order valence-corrected chi connectivity index (χ3v) is 7.93. The third kappa shape index (κ3) is 6.11. The summed E-state index contributed by atoms with van der Waals surface area (Å²) in [5, 5.41) is 17.4. The van der Waals surface area contributed by atoms with Gasteiger partial charge in [-0.3, -0.25) is 9.59 Å². The van der Waals surface area contributed by atoms with E-state index in [1.165, 1.54) is 24.3 Å². The van der Waals surface area contributed by atoms with Gasteiger partial charge in [-0.2, -0.15) is 0 Å². The van der Waals surface area contributed by atoms with E-state index in [0.29, 0.717) is 16.8 Å². The van der Waals surface area contributed by atoms with E-state index in [4.69, 9.17) is 0 Å². The molecule has 36 heavy (non-hydrogen) atoms. The van der Waals surface area contributed by atoms with Gasteiger partial charge in [0.1, 0.15) is 5.25 Å². The second kappa shape index (κ2) is 11.1. The third-order valence-electron chi connectivity index (χ3n) is 5.82. The van der Waals surface area contributed by atoms with Crippen LogP contribution in [0.4, 0.5) is 11.4 Å². The maximum atomic E-state index is 13.2. The number of hydrogen-bond donors (Lipinski definition) is 4. The van der Waals surface area contributed by atoms with E-state index in [1.54, 1.807) is 42.5 Å². The van der Waals surface area contributed by atoms with Crippen molar-refractivity contribution in [2.45, 2.75) is 29.4 Å². The number of hydrogen-bond acceptors (Lipinski definition) is 6. The summed E-state index contributed by atoms with van der Waals surface area (Å²) >= 11 is 0. The van der Waals surface area contributed by atoms with E-state index in [2.05, 4.69) is 22.0 Å². The molecule has 1 heterocycles. The Kier molecular flexibility index (Phi) is 7.70. The molecule has 8 nitrogen and oxygen atoms in total. The number of allylic oxidation sites excluding steroid dienone is 1. The summed E-state index contributed by atoms with van der Waals surface area (Å²) in [7, 11) is -3.97. The molecule has 0 bridgehead atoms. The van der Waals surface area contributed by atoms with Crippen molar-refractivity contribution in [3.8, 4) is 0 Å². The minimum absolute atomic E-state index is 0.0170. The lowest BCUT2D eigenvalue weighted by Crippen LogP contribution is -2.23. The van der Waals surface area contributed by atoms with Crippen LogP contribution in [0.3, 0.4) is 0 Å². The number of sulfone groups is 1.